The molecule has 2 N–H and O–H groups in total. The average Bonchev–Trinajstić information content (AvgIpc) is 2.34. The van der Waals surface area contributed by atoms with E-state index in [0.29, 0.717) is 18.6 Å². The summed E-state index contributed by atoms with van der Waals surface area (Å²) in [6.45, 7) is 7.95. The molecule has 0 aliphatic heterocycles. The lowest BCUT2D eigenvalue weighted by Crippen LogP contribution is -2.20. The van der Waals surface area contributed by atoms with Gasteiger partial charge in [-0.1, -0.05) is 38.1 Å². The van der Waals surface area contributed by atoms with E-state index in [1.165, 1.54) is 11.1 Å². The van der Waals surface area contributed by atoms with Gasteiger partial charge in [-0.15, -0.1) is 0 Å². The van der Waals surface area contributed by atoms with Crippen molar-refractivity contribution in [2.24, 2.45) is 5.92 Å². The molecule has 102 valence electrons. The van der Waals surface area contributed by atoms with Crippen molar-refractivity contribution in [3.63, 3.8) is 0 Å². The first-order valence-electron chi connectivity index (χ1n) is 7.06. The number of nitrogens with one attached hydrogen (secondary N) is 1. The third-order valence-corrected chi connectivity index (χ3v) is 3.16. The molecule has 1 aromatic carbocycles. The van der Waals surface area contributed by atoms with Crippen LogP contribution in [0.5, 0.6) is 0 Å². The molecule has 0 heterocycles. The highest BCUT2D eigenvalue weighted by molar-refractivity contribution is 5.25. The SMILES string of the molecule is CC(C)Cc1ccc(C(C)NCCCCO)cc1. The molecule has 0 amide bonds. The lowest BCUT2D eigenvalue weighted by molar-refractivity contribution is 0.283. The highest BCUT2D eigenvalue weighted by Gasteiger charge is 2.04. The van der Waals surface area contributed by atoms with E-state index >= 15 is 0 Å². The zero-order valence-electron chi connectivity index (χ0n) is 11.9. The van der Waals surface area contributed by atoms with Crippen molar-refractivity contribution in [2.75, 3.05) is 13.2 Å². The third-order valence-electron chi connectivity index (χ3n) is 3.16. The number of aliphatic hydroxyl groups excluding tert-OH is 1. The second-order valence-electron chi connectivity index (χ2n) is 5.45. The molecule has 0 aliphatic rings. The molecule has 0 saturated carbocycles. The Labute approximate surface area is 111 Å². The predicted molar refractivity (Wildman–Crippen MR) is 77.7 cm³/mol. The van der Waals surface area contributed by atoms with Gasteiger partial charge in [-0.3, -0.25) is 0 Å². The fraction of sp³-hybridized carbons (Fsp3) is 0.625. The zero-order valence-corrected chi connectivity index (χ0v) is 11.9. The second kappa shape index (κ2) is 8.28. The van der Waals surface area contributed by atoms with Gasteiger partial charge < -0.3 is 10.4 Å². The van der Waals surface area contributed by atoms with Crippen LogP contribution in [0.15, 0.2) is 24.3 Å². The van der Waals surface area contributed by atoms with E-state index in [2.05, 4.69) is 50.4 Å². The summed E-state index contributed by atoms with van der Waals surface area (Å²) < 4.78 is 0. The first-order chi connectivity index (χ1) is 8.63. The van der Waals surface area contributed by atoms with E-state index < -0.39 is 0 Å². The van der Waals surface area contributed by atoms with E-state index in [1.807, 2.05) is 0 Å². The fourth-order valence-corrected chi connectivity index (χ4v) is 2.09. The van der Waals surface area contributed by atoms with Crippen LogP contribution >= 0.6 is 0 Å². The lowest BCUT2D eigenvalue weighted by atomic mass is 10.00. The Morgan fingerprint density at radius 2 is 1.72 bits per heavy atom. The lowest BCUT2D eigenvalue weighted by Gasteiger charge is -2.15. The molecule has 1 unspecified atom stereocenters. The Hall–Kier alpha value is -0.860. The number of rotatable bonds is 8. The van der Waals surface area contributed by atoms with Gasteiger partial charge in [-0.05, 0) is 49.8 Å². The molecule has 0 spiro atoms. The Bertz CT molecular complexity index is 318. The maximum Gasteiger partial charge on any atom is 0.0431 e. The van der Waals surface area contributed by atoms with Crippen molar-refractivity contribution in [1.29, 1.82) is 0 Å². The van der Waals surface area contributed by atoms with Crippen molar-refractivity contribution >= 4 is 0 Å². The predicted octanol–water partition coefficient (Wildman–Crippen LogP) is 3.31. The molecule has 0 aliphatic carbocycles. The van der Waals surface area contributed by atoms with Gasteiger partial charge in [0.1, 0.15) is 0 Å². The van der Waals surface area contributed by atoms with Gasteiger partial charge in [0.05, 0.1) is 0 Å². The molecule has 0 bridgehead atoms. The van der Waals surface area contributed by atoms with Crippen molar-refractivity contribution in [3.05, 3.63) is 35.4 Å². The Kier molecular flexibility index (Phi) is 6.99. The van der Waals surface area contributed by atoms with Crippen LogP contribution in [0.2, 0.25) is 0 Å². The largest absolute Gasteiger partial charge is 0.396 e. The van der Waals surface area contributed by atoms with Crippen LogP contribution in [0.1, 0.15) is 50.8 Å². The Morgan fingerprint density at radius 3 is 2.28 bits per heavy atom. The fourth-order valence-electron chi connectivity index (χ4n) is 2.09. The van der Waals surface area contributed by atoms with Gasteiger partial charge in [0.25, 0.3) is 0 Å². The van der Waals surface area contributed by atoms with Crippen molar-refractivity contribution in [3.8, 4) is 0 Å². The smallest absolute Gasteiger partial charge is 0.0431 e. The summed E-state index contributed by atoms with van der Waals surface area (Å²) in [5.41, 5.74) is 2.76. The number of hydrogen-bond acceptors (Lipinski definition) is 2. The van der Waals surface area contributed by atoms with Crippen LogP contribution < -0.4 is 5.32 Å². The summed E-state index contributed by atoms with van der Waals surface area (Å²) >= 11 is 0. The van der Waals surface area contributed by atoms with E-state index in [9.17, 15) is 0 Å². The quantitative estimate of drug-likeness (QED) is 0.693. The van der Waals surface area contributed by atoms with E-state index in [1.54, 1.807) is 0 Å². The van der Waals surface area contributed by atoms with Crippen LogP contribution in [0.4, 0.5) is 0 Å². The maximum atomic E-state index is 8.72. The van der Waals surface area contributed by atoms with Crippen LogP contribution in [0, 0.1) is 5.92 Å². The van der Waals surface area contributed by atoms with Gasteiger partial charge in [-0.2, -0.15) is 0 Å². The van der Waals surface area contributed by atoms with Gasteiger partial charge in [0.15, 0.2) is 0 Å². The Balaban J connectivity index is 2.41. The number of aliphatic hydroxyl groups is 1. The summed E-state index contributed by atoms with van der Waals surface area (Å²) in [7, 11) is 0. The number of hydrogen-bond donors (Lipinski definition) is 2. The summed E-state index contributed by atoms with van der Waals surface area (Å²) in [5, 5.41) is 12.2. The van der Waals surface area contributed by atoms with E-state index in [-0.39, 0.29) is 0 Å². The summed E-state index contributed by atoms with van der Waals surface area (Å²) in [6, 6.07) is 9.31. The second-order valence-corrected chi connectivity index (χ2v) is 5.45. The molecule has 0 saturated heterocycles. The van der Waals surface area contributed by atoms with E-state index in [0.717, 1.165) is 25.8 Å². The molecule has 0 aromatic heterocycles. The van der Waals surface area contributed by atoms with Crippen molar-refractivity contribution < 1.29 is 5.11 Å². The average molecular weight is 249 g/mol. The van der Waals surface area contributed by atoms with Crippen LogP contribution in [0.25, 0.3) is 0 Å². The normalized spacial score (nSPS) is 12.9. The molecule has 0 radical (unpaired) electrons. The minimum Gasteiger partial charge on any atom is -0.396 e. The monoisotopic (exact) mass is 249 g/mol. The molecule has 1 atom stereocenters. The summed E-state index contributed by atoms with van der Waals surface area (Å²) in [4.78, 5) is 0. The molecule has 1 rings (SSSR count). The van der Waals surface area contributed by atoms with Crippen molar-refractivity contribution in [2.45, 2.75) is 46.1 Å². The Morgan fingerprint density at radius 1 is 1.06 bits per heavy atom. The minimum absolute atomic E-state index is 0.292. The molecule has 0 fully saturated rings. The van der Waals surface area contributed by atoms with Gasteiger partial charge in [-0.25, -0.2) is 0 Å². The van der Waals surface area contributed by atoms with Gasteiger partial charge >= 0.3 is 0 Å². The highest BCUT2D eigenvalue weighted by atomic mass is 16.2. The molecular weight excluding hydrogens is 222 g/mol. The third kappa shape index (κ3) is 5.65. The van der Waals surface area contributed by atoms with Crippen molar-refractivity contribution in [1.82, 2.24) is 5.32 Å². The zero-order chi connectivity index (χ0) is 13.4. The molecular formula is C16H27NO. The standard InChI is InChI=1S/C16H27NO/c1-13(2)12-15-6-8-16(9-7-15)14(3)17-10-4-5-11-18/h6-9,13-14,17-18H,4-5,10-12H2,1-3H3. The molecule has 1 aromatic rings. The number of benzene rings is 1. The first-order valence-corrected chi connectivity index (χ1v) is 7.06. The van der Waals surface area contributed by atoms with Crippen LogP contribution in [-0.4, -0.2) is 18.3 Å². The topological polar surface area (TPSA) is 32.3 Å². The molecule has 18 heavy (non-hydrogen) atoms. The van der Waals surface area contributed by atoms with Gasteiger partial charge in [0, 0.05) is 12.6 Å². The highest BCUT2D eigenvalue weighted by Crippen LogP contribution is 2.15. The molecule has 2 nitrogen and oxygen atoms in total. The van der Waals surface area contributed by atoms with Crippen LogP contribution in [0.3, 0.4) is 0 Å². The van der Waals surface area contributed by atoms with E-state index in [4.69, 9.17) is 5.11 Å². The van der Waals surface area contributed by atoms with Crippen LogP contribution in [-0.2, 0) is 6.42 Å². The first kappa shape index (κ1) is 15.2. The maximum absolute atomic E-state index is 8.72. The summed E-state index contributed by atoms with van der Waals surface area (Å²) in [6.07, 6.45) is 3.07. The summed E-state index contributed by atoms with van der Waals surface area (Å²) in [5.74, 6) is 0.713. The molecule has 2 heteroatoms. The van der Waals surface area contributed by atoms with Gasteiger partial charge in [0.2, 0.25) is 0 Å². The number of unbranched alkanes of at least 4 members (excludes halogenated alkanes) is 1. The minimum atomic E-state index is 0.292.